The summed E-state index contributed by atoms with van der Waals surface area (Å²) in [6, 6.07) is 1.60. The lowest BCUT2D eigenvalue weighted by atomic mass is 10.6. The third-order valence-corrected chi connectivity index (χ3v) is 1.43. The van der Waals surface area contributed by atoms with Crippen LogP contribution in [0.2, 0.25) is 0 Å². The number of fused-ring (bicyclic) bond motifs is 1. The minimum atomic E-state index is -0.360. The summed E-state index contributed by atoms with van der Waals surface area (Å²) in [6.07, 6.45) is 3.25. The number of H-pyrrole nitrogens is 1. The molecule has 0 bridgehead atoms. The average Bonchev–Trinajstić information content (AvgIpc) is 2.34. The van der Waals surface area contributed by atoms with Gasteiger partial charge in [0.2, 0.25) is 0 Å². The summed E-state index contributed by atoms with van der Waals surface area (Å²) in [5.41, 5.74) is 5.63. The molecule has 0 unspecified atom stereocenters. The summed E-state index contributed by atoms with van der Waals surface area (Å²) >= 11 is 0. The largest absolute Gasteiger partial charge is 0.383 e. The molecule has 2 heterocycles. The van der Waals surface area contributed by atoms with E-state index in [2.05, 4.69) is 9.97 Å². The highest BCUT2D eigenvalue weighted by atomic mass is 16.1. The highest BCUT2D eigenvalue weighted by molar-refractivity contribution is 5.46. The second-order valence-electron chi connectivity index (χ2n) is 2.18. The van der Waals surface area contributed by atoms with Crippen LogP contribution in [0.4, 0.5) is 5.82 Å². The number of nitrogens with one attached hydrogen (secondary N) is 1. The summed E-state index contributed by atoms with van der Waals surface area (Å²) in [7, 11) is 0. The molecule has 0 fully saturated rings. The summed E-state index contributed by atoms with van der Waals surface area (Å²) in [5.74, 6) is 0.234. The normalized spacial score (nSPS) is 10.5. The number of nitrogen functional groups attached to an aromatic ring is 1. The van der Waals surface area contributed by atoms with Crippen LogP contribution >= 0.6 is 0 Å². The highest BCUT2D eigenvalue weighted by Crippen LogP contribution is 1.98. The molecular formula is C6H6N4O. The van der Waals surface area contributed by atoms with E-state index in [0.29, 0.717) is 5.65 Å². The molecule has 0 aliphatic carbocycles. The maximum absolute atomic E-state index is 11.0. The van der Waals surface area contributed by atoms with Gasteiger partial charge in [0.25, 0.3) is 0 Å². The molecule has 5 nitrogen and oxygen atoms in total. The van der Waals surface area contributed by atoms with E-state index in [1.165, 1.54) is 4.40 Å². The highest BCUT2D eigenvalue weighted by Gasteiger charge is 1.97. The van der Waals surface area contributed by atoms with Gasteiger partial charge in [0, 0.05) is 18.5 Å². The topological polar surface area (TPSA) is 76.2 Å². The molecular weight excluding hydrogens is 144 g/mol. The lowest BCUT2D eigenvalue weighted by Crippen LogP contribution is -2.16. The molecule has 11 heavy (non-hydrogen) atoms. The van der Waals surface area contributed by atoms with E-state index in [1.807, 2.05) is 0 Å². The van der Waals surface area contributed by atoms with Crippen molar-refractivity contribution >= 4 is 11.5 Å². The molecule has 5 heteroatoms. The molecule has 0 atom stereocenters. The molecule has 0 aromatic carbocycles. The Morgan fingerprint density at radius 3 is 3.27 bits per heavy atom. The quantitative estimate of drug-likeness (QED) is 0.536. The monoisotopic (exact) mass is 150 g/mol. The van der Waals surface area contributed by atoms with Crippen molar-refractivity contribution < 1.29 is 0 Å². The van der Waals surface area contributed by atoms with E-state index < -0.39 is 0 Å². The predicted octanol–water partition coefficient (Wildman–Crippen LogP) is -0.395. The van der Waals surface area contributed by atoms with Crippen molar-refractivity contribution in [2.24, 2.45) is 0 Å². The summed E-state index contributed by atoms with van der Waals surface area (Å²) < 4.78 is 1.39. The Balaban J connectivity index is 3.02. The van der Waals surface area contributed by atoms with E-state index in [0.717, 1.165) is 0 Å². The van der Waals surface area contributed by atoms with E-state index >= 15 is 0 Å². The number of anilines is 1. The first-order valence-electron chi connectivity index (χ1n) is 3.09. The zero-order valence-corrected chi connectivity index (χ0v) is 5.61. The average molecular weight is 150 g/mol. The molecule has 0 saturated heterocycles. The number of aromatic nitrogens is 3. The molecule has 56 valence electrons. The zero-order valence-electron chi connectivity index (χ0n) is 5.61. The van der Waals surface area contributed by atoms with Crippen LogP contribution in [0.3, 0.4) is 0 Å². The minimum absolute atomic E-state index is 0.234. The second kappa shape index (κ2) is 1.85. The zero-order chi connectivity index (χ0) is 7.84. The fraction of sp³-hybridized carbons (Fsp3) is 0. The van der Waals surface area contributed by atoms with Gasteiger partial charge in [0.05, 0.1) is 0 Å². The van der Waals surface area contributed by atoms with Crippen LogP contribution in [-0.4, -0.2) is 14.4 Å². The molecule has 0 saturated carbocycles. The van der Waals surface area contributed by atoms with Crippen molar-refractivity contribution in [1.29, 1.82) is 0 Å². The Hall–Kier alpha value is -1.78. The summed E-state index contributed by atoms with van der Waals surface area (Å²) in [5, 5.41) is 0. The Labute approximate surface area is 61.5 Å². The van der Waals surface area contributed by atoms with Crippen molar-refractivity contribution in [2.45, 2.75) is 0 Å². The van der Waals surface area contributed by atoms with Gasteiger partial charge in [-0.25, -0.2) is 4.79 Å². The molecule has 3 N–H and O–H groups in total. The first kappa shape index (κ1) is 5.96. The van der Waals surface area contributed by atoms with E-state index in [4.69, 9.17) is 5.73 Å². The number of nitrogens with two attached hydrogens (primary N) is 1. The van der Waals surface area contributed by atoms with Crippen molar-refractivity contribution in [3.63, 3.8) is 0 Å². The van der Waals surface area contributed by atoms with E-state index in [-0.39, 0.29) is 11.5 Å². The van der Waals surface area contributed by atoms with Crippen molar-refractivity contribution in [3.8, 4) is 0 Å². The maximum atomic E-state index is 11.0. The number of nitrogens with zero attached hydrogens (tertiary/aromatic N) is 2. The van der Waals surface area contributed by atoms with E-state index in [9.17, 15) is 4.79 Å². The molecule has 2 aromatic heterocycles. The Morgan fingerprint density at radius 1 is 1.64 bits per heavy atom. The Bertz CT molecular complexity index is 441. The van der Waals surface area contributed by atoms with Gasteiger partial charge in [-0.1, -0.05) is 0 Å². The molecule has 0 aliphatic heterocycles. The molecule has 0 amide bonds. The standard InChI is InChI=1S/C6H6N4O/c7-4-3-5-8-1-2-10(5)6(11)9-4/h1-3,8H,(H2,7,9,11). The van der Waals surface area contributed by atoms with Gasteiger partial charge in [-0.3, -0.25) is 4.40 Å². The van der Waals surface area contributed by atoms with Gasteiger partial charge in [-0.05, 0) is 0 Å². The molecule has 2 rings (SSSR count). The number of hydrogen-bond acceptors (Lipinski definition) is 3. The number of hydrogen-bond donors (Lipinski definition) is 2. The SMILES string of the molecule is Nc1cc2[nH]ccn2c(=O)n1. The van der Waals surface area contributed by atoms with Crippen LogP contribution in [0.1, 0.15) is 0 Å². The minimum Gasteiger partial charge on any atom is -0.383 e. The van der Waals surface area contributed by atoms with Gasteiger partial charge in [0.15, 0.2) is 0 Å². The van der Waals surface area contributed by atoms with Crippen molar-refractivity contribution in [1.82, 2.24) is 14.4 Å². The Kier molecular flexibility index (Phi) is 1.00. The van der Waals surface area contributed by atoms with Gasteiger partial charge in [-0.15, -0.1) is 0 Å². The number of aromatic amines is 1. The molecule has 0 aliphatic rings. The summed E-state index contributed by atoms with van der Waals surface area (Å²) in [6.45, 7) is 0. The fourth-order valence-electron chi connectivity index (χ4n) is 0.962. The van der Waals surface area contributed by atoms with Gasteiger partial charge < -0.3 is 10.7 Å². The third-order valence-electron chi connectivity index (χ3n) is 1.43. The van der Waals surface area contributed by atoms with Crippen molar-refractivity contribution in [2.75, 3.05) is 5.73 Å². The van der Waals surface area contributed by atoms with Crippen LogP contribution in [0, 0.1) is 0 Å². The molecule has 2 aromatic rings. The Morgan fingerprint density at radius 2 is 2.45 bits per heavy atom. The fourth-order valence-corrected chi connectivity index (χ4v) is 0.962. The first-order valence-corrected chi connectivity index (χ1v) is 3.09. The van der Waals surface area contributed by atoms with Crippen LogP contribution in [0.15, 0.2) is 23.3 Å². The van der Waals surface area contributed by atoms with E-state index in [1.54, 1.807) is 18.5 Å². The number of imidazole rings is 1. The van der Waals surface area contributed by atoms with Crippen molar-refractivity contribution in [3.05, 3.63) is 28.9 Å². The lowest BCUT2D eigenvalue weighted by Gasteiger charge is -1.91. The van der Waals surface area contributed by atoms with Crippen LogP contribution in [0.5, 0.6) is 0 Å². The lowest BCUT2D eigenvalue weighted by molar-refractivity contribution is 1.01. The van der Waals surface area contributed by atoms with Crippen LogP contribution in [0.25, 0.3) is 5.65 Å². The number of rotatable bonds is 0. The van der Waals surface area contributed by atoms with Gasteiger partial charge in [0.1, 0.15) is 11.5 Å². The smallest absolute Gasteiger partial charge is 0.355 e. The maximum Gasteiger partial charge on any atom is 0.355 e. The predicted molar refractivity (Wildman–Crippen MR) is 40.2 cm³/mol. The second-order valence-corrected chi connectivity index (χ2v) is 2.18. The van der Waals surface area contributed by atoms with Crippen LogP contribution in [-0.2, 0) is 0 Å². The first-order chi connectivity index (χ1) is 5.27. The molecule has 0 spiro atoms. The third kappa shape index (κ3) is 0.778. The van der Waals surface area contributed by atoms with Gasteiger partial charge >= 0.3 is 5.69 Å². The summed E-state index contributed by atoms with van der Waals surface area (Å²) in [4.78, 5) is 17.4. The van der Waals surface area contributed by atoms with Crippen LogP contribution < -0.4 is 11.4 Å². The van der Waals surface area contributed by atoms with Gasteiger partial charge in [-0.2, -0.15) is 4.98 Å². The molecule has 0 radical (unpaired) electrons.